The summed E-state index contributed by atoms with van der Waals surface area (Å²) >= 11 is 5.98. The van der Waals surface area contributed by atoms with Crippen LogP contribution in [0.15, 0.2) is 59.4 Å². The molecule has 1 aliphatic heterocycles. The zero-order valence-corrected chi connectivity index (χ0v) is 19.9. The number of aliphatic hydroxyl groups excluding tert-OH is 2. The van der Waals surface area contributed by atoms with Crippen LogP contribution in [0.1, 0.15) is 52.8 Å². The number of aliphatic imine (C=N–C) groups is 1. The minimum absolute atomic E-state index is 0.137. The topological polar surface area (TPSA) is 120 Å². The van der Waals surface area contributed by atoms with Gasteiger partial charge in [-0.2, -0.15) is 0 Å². The molecule has 1 fully saturated rings. The molecule has 0 bridgehead atoms. The van der Waals surface area contributed by atoms with Gasteiger partial charge >= 0.3 is 0 Å². The largest absolute Gasteiger partial charge is 0.394 e. The summed E-state index contributed by atoms with van der Waals surface area (Å²) in [4.78, 5) is 16.9. The number of aliphatic hydroxyl groups is 2. The maximum absolute atomic E-state index is 15.0. The lowest BCUT2D eigenvalue weighted by atomic mass is 9.82. The van der Waals surface area contributed by atoms with Crippen molar-refractivity contribution >= 4 is 23.3 Å². The third-order valence-electron chi connectivity index (χ3n) is 6.53. The van der Waals surface area contributed by atoms with Crippen LogP contribution in [0.3, 0.4) is 0 Å². The van der Waals surface area contributed by atoms with Crippen molar-refractivity contribution < 1.29 is 28.2 Å². The molecule has 0 aromatic heterocycles. The van der Waals surface area contributed by atoms with Crippen LogP contribution in [-0.2, 0) is 0 Å². The molecule has 4 rings (SSSR count). The predicted octanol–water partition coefficient (Wildman–Crippen LogP) is 3.58. The van der Waals surface area contributed by atoms with Gasteiger partial charge < -0.3 is 26.6 Å². The zero-order valence-electron chi connectivity index (χ0n) is 19.1. The van der Waals surface area contributed by atoms with Crippen LogP contribution >= 0.6 is 11.6 Å². The lowest BCUT2D eigenvalue weighted by molar-refractivity contribution is -0.139. The number of amides is 1. The summed E-state index contributed by atoms with van der Waals surface area (Å²) in [6, 6.07) is 9.03. The van der Waals surface area contributed by atoms with E-state index < -0.39 is 48.9 Å². The number of allylic oxidation sites excluding steroid dienone is 1. The van der Waals surface area contributed by atoms with Crippen molar-refractivity contribution in [2.75, 3.05) is 6.61 Å². The summed E-state index contributed by atoms with van der Waals surface area (Å²) in [5, 5.41) is 25.6. The Bertz CT molecular complexity index is 1210. The number of alkyl halides is 2. The SMILES string of the molecule is NC1=NC=C([C@@H]2CCC(F)(F)[C@@H](O)C2)NC1c1ccc(C(=O)N[C@H](CO)c2cccc(Cl)c2)c(F)c1. The average molecular weight is 523 g/mol. The first-order valence-electron chi connectivity index (χ1n) is 11.4. The first-order chi connectivity index (χ1) is 17.1. The number of hydrogen-bond acceptors (Lipinski definition) is 6. The van der Waals surface area contributed by atoms with E-state index in [4.69, 9.17) is 17.3 Å². The maximum atomic E-state index is 15.0. The Labute approximate surface area is 210 Å². The second-order valence-corrected chi connectivity index (χ2v) is 9.40. The van der Waals surface area contributed by atoms with Crippen molar-refractivity contribution in [2.45, 2.75) is 43.4 Å². The second-order valence-electron chi connectivity index (χ2n) is 8.97. The Morgan fingerprint density at radius 2 is 2.08 bits per heavy atom. The highest BCUT2D eigenvalue weighted by Gasteiger charge is 2.45. The Hall–Kier alpha value is -3.08. The third-order valence-corrected chi connectivity index (χ3v) is 6.77. The van der Waals surface area contributed by atoms with Crippen molar-refractivity contribution in [3.05, 3.63) is 81.9 Å². The van der Waals surface area contributed by atoms with Gasteiger partial charge in [-0.05, 0) is 48.2 Å². The van der Waals surface area contributed by atoms with Gasteiger partial charge in [-0.25, -0.2) is 18.2 Å². The number of hydrogen-bond donors (Lipinski definition) is 5. The molecule has 1 aliphatic carbocycles. The summed E-state index contributed by atoms with van der Waals surface area (Å²) in [6.07, 6.45) is -0.762. The molecular formula is C25H26ClF3N4O3. The number of rotatable bonds is 6. The molecule has 1 saturated carbocycles. The quantitative estimate of drug-likeness (QED) is 0.397. The van der Waals surface area contributed by atoms with Crippen LogP contribution in [-0.4, -0.2) is 40.6 Å². The normalized spacial score (nSPS) is 24.2. The number of nitrogens with two attached hydrogens (primary N) is 1. The minimum atomic E-state index is -3.13. The summed E-state index contributed by atoms with van der Waals surface area (Å²) in [6.45, 7) is -0.415. The van der Waals surface area contributed by atoms with E-state index in [9.17, 15) is 23.8 Å². The number of carbonyl (C=O) groups is 1. The standard InChI is InChI=1S/C25H26ClF3N4O3/c26-16-3-1-2-13(8-16)20(12-34)33-24(36)17-5-4-15(9-18(17)27)22-23(30)31-11-19(32-22)14-6-7-25(28,29)21(35)10-14/h1-5,8-9,11,14,20-22,32,34-35H,6-7,10,12H2,(H2,30,31)(H,33,36)/t14-,20-,21+,22?/m1/s1. The molecule has 2 aromatic rings. The number of amidine groups is 1. The monoisotopic (exact) mass is 522 g/mol. The van der Waals surface area contributed by atoms with Gasteiger partial charge in [-0.1, -0.05) is 29.8 Å². The predicted molar refractivity (Wildman–Crippen MR) is 129 cm³/mol. The summed E-state index contributed by atoms with van der Waals surface area (Å²) < 4.78 is 42.4. The molecule has 192 valence electrons. The highest BCUT2D eigenvalue weighted by Crippen LogP contribution is 2.40. The van der Waals surface area contributed by atoms with Gasteiger partial charge in [0.15, 0.2) is 0 Å². The molecule has 1 unspecified atom stereocenters. The van der Waals surface area contributed by atoms with Crippen LogP contribution in [0.25, 0.3) is 0 Å². The smallest absolute Gasteiger partial charge is 0.273 e. The first-order valence-corrected chi connectivity index (χ1v) is 11.8. The fourth-order valence-electron chi connectivity index (χ4n) is 4.44. The fraction of sp³-hybridized carbons (Fsp3) is 0.360. The molecule has 0 saturated heterocycles. The molecule has 1 heterocycles. The van der Waals surface area contributed by atoms with Crippen LogP contribution in [0.4, 0.5) is 13.2 Å². The van der Waals surface area contributed by atoms with Gasteiger partial charge in [0.05, 0.1) is 18.2 Å². The highest BCUT2D eigenvalue weighted by molar-refractivity contribution is 6.30. The number of halogens is 4. The minimum Gasteiger partial charge on any atom is -0.394 e. The molecule has 11 heteroatoms. The molecular weight excluding hydrogens is 497 g/mol. The van der Waals surface area contributed by atoms with Crippen LogP contribution in [0.5, 0.6) is 0 Å². The highest BCUT2D eigenvalue weighted by atomic mass is 35.5. The van der Waals surface area contributed by atoms with E-state index in [0.29, 0.717) is 21.8 Å². The molecule has 0 spiro atoms. The molecule has 1 amide bonds. The van der Waals surface area contributed by atoms with Gasteiger partial charge in [-0.3, -0.25) is 4.79 Å². The molecule has 0 radical (unpaired) electrons. The molecule has 6 N–H and O–H groups in total. The Balaban J connectivity index is 1.48. The average Bonchev–Trinajstić information content (AvgIpc) is 2.84. The van der Waals surface area contributed by atoms with Crippen molar-refractivity contribution in [3.63, 3.8) is 0 Å². The first kappa shape index (κ1) is 26.0. The van der Waals surface area contributed by atoms with Crippen molar-refractivity contribution in [3.8, 4) is 0 Å². The van der Waals surface area contributed by atoms with Gasteiger partial charge in [0.25, 0.3) is 11.8 Å². The number of carbonyl (C=O) groups excluding carboxylic acids is 1. The van der Waals surface area contributed by atoms with E-state index in [0.717, 1.165) is 6.07 Å². The lowest BCUT2D eigenvalue weighted by Gasteiger charge is -2.36. The van der Waals surface area contributed by atoms with Crippen LogP contribution < -0.4 is 16.4 Å². The van der Waals surface area contributed by atoms with Crippen LogP contribution in [0, 0.1) is 11.7 Å². The molecule has 4 atom stereocenters. The van der Waals surface area contributed by atoms with Gasteiger partial charge in [0.1, 0.15) is 23.8 Å². The van der Waals surface area contributed by atoms with Crippen molar-refractivity contribution in [2.24, 2.45) is 16.6 Å². The number of nitrogens with one attached hydrogen (secondary N) is 2. The molecule has 2 aliphatic rings. The van der Waals surface area contributed by atoms with Crippen molar-refractivity contribution in [1.29, 1.82) is 0 Å². The Morgan fingerprint density at radius 1 is 1.31 bits per heavy atom. The molecule has 2 aromatic carbocycles. The fourth-order valence-corrected chi connectivity index (χ4v) is 4.64. The molecule has 36 heavy (non-hydrogen) atoms. The number of benzene rings is 2. The zero-order chi connectivity index (χ0) is 26.0. The van der Waals surface area contributed by atoms with E-state index in [1.807, 2.05) is 0 Å². The Morgan fingerprint density at radius 3 is 2.75 bits per heavy atom. The van der Waals surface area contributed by atoms with E-state index in [1.165, 1.54) is 18.3 Å². The third kappa shape index (κ3) is 5.50. The van der Waals surface area contributed by atoms with Crippen molar-refractivity contribution in [1.82, 2.24) is 10.6 Å². The van der Waals surface area contributed by atoms with E-state index >= 15 is 4.39 Å². The van der Waals surface area contributed by atoms with Gasteiger partial charge in [-0.15, -0.1) is 0 Å². The summed E-state index contributed by atoms with van der Waals surface area (Å²) in [5.41, 5.74) is 7.25. The molecule has 7 nitrogen and oxygen atoms in total. The van der Waals surface area contributed by atoms with Crippen LogP contribution in [0.2, 0.25) is 5.02 Å². The lowest BCUT2D eigenvalue weighted by Crippen LogP contribution is -2.44. The Kier molecular flexibility index (Phi) is 7.58. The van der Waals surface area contributed by atoms with E-state index in [-0.39, 0.29) is 30.2 Å². The van der Waals surface area contributed by atoms with E-state index in [2.05, 4.69) is 15.6 Å². The second kappa shape index (κ2) is 10.5. The van der Waals surface area contributed by atoms with E-state index in [1.54, 1.807) is 24.3 Å². The van der Waals surface area contributed by atoms with Gasteiger partial charge in [0.2, 0.25) is 0 Å². The maximum Gasteiger partial charge on any atom is 0.273 e. The summed E-state index contributed by atoms with van der Waals surface area (Å²) in [5.74, 6) is -4.91. The summed E-state index contributed by atoms with van der Waals surface area (Å²) in [7, 11) is 0. The van der Waals surface area contributed by atoms with Gasteiger partial charge in [0, 0.05) is 29.3 Å². The number of nitrogens with zero attached hydrogens (tertiary/aromatic N) is 1.